The highest BCUT2D eigenvalue weighted by Gasteiger charge is 2.15. The topological polar surface area (TPSA) is 89.5 Å². The lowest BCUT2D eigenvalue weighted by Crippen LogP contribution is -2.17. The standard InChI is InChI=1S/C21H18FN3O4/c1-28-14-7-8-17(19(12-14)29-2)25-21(27)18-11-13(9-10-23-18)20(26)24-16-6-4-3-5-15(16)22/h3-12H,1-2H3,(H,24,26)(H,25,27). The maximum Gasteiger partial charge on any atom is 0.274 e. The summed E-state index contributed by atoms with van der Waals surface area (Å²) in [7, 11) is 2.99. The van der Waals surface area contributed by atoms with E-state index in [9.17, 15) is 14.0 Å². The van der Waals surface area contributed by atoms with Crippen LogP contribution >= 0.6 is 0 Å². The van der Waals surface area contributed by atoms with Crippen molar-refractivity contribution in [3.8, 4) is 11.5 Å². The molecule has 148 valence electrons. The highest BCUT2D eigenvalue weighted by molar-refractivity contribution is 6.08. The molecule has 0 bridgehead atoms. The quantitative estimate of drug-likeness (QED) is 0.664. The Kier molecular flexibility index (Phi) is 6.03. The van der Waals surface area contributed by atoms with E-state index in [2.05, 4.69) is 15.6 Å². The molecule has 0 aliphatic heterocycles. The first-order chi connectivity index (χ1) is 14.0. The molecule has 1 heterocycles. The molecule has 2 amide bonds. The number of anilines is 2. The number of nitrogens with zero attached hydrogens (tertiary/aromatic N) is 1. The van der Waals surface area contributed by atoms with Crippen molar-refractivity contribution >= 4 is 23.2 Å². The van der Waals surface area contributed by atoms with Crippen LogP contribution in [0.4, 0.5) is 15.8 Å². The van der Waals surface area contributed by atoms with Crippen molar-refractivity contribution in [3.63, 3.8) is 0 Å². The summed E-state index contributed by atoms with van der Waals surface area (Å²) >= 11 is 0. The maximum atomic E-state index is 13.7. The number of ether oxygens (including phenoxy) is 2. The van der Waals surface area contributed by atoms with E-state index in [1.54, 1.807) is 24.3 Å². The van der Waals surface area contributed by atoms with Gasteiger partial charge in [-0.3, -0.25) is 14.6 Å². The van der Waals surface area contributed by atoms with Gasteiger partial charge in [0.15, 0.2) is 0 Å². The van der Waals surface area contributed by atoms with Crippen molar-refractivity contribution in [3.05, 3.63) is 77.9 Å². The lowest BCUT2D eigenvalue weighted by atomic mass is 10.2. The van der Waals surface area contributed by atoms with Gasteiger partial charge in [-0.25, -0.2) is 4.39 Å². The Morgan fingerprint density at radius 3 is 2.38 bits per heavy atom. The highest BCUT2D eigenvalue weighted by Crippen LogP contribution is 2.29. The van der Waals surface area contributed by atoms with Crippen molar-refractivity contribution in [1.29, 1.82) is 0 Å². The molecule has 0 spiro atoms. The number of hydrogen-bond acceptors (Lipinski definition) is 5. The van der Waals surface area contributed by atoms with Crippen molar-refractivity contribution in [2.24, 2.45) is 0 Å². The summed E-state index contributed by atoms with van der Waals surface area (Å²) in [6.45, 7) is 0. The first-order valence-corrected chi connectivity index (χ1v) is 8.57. The third kappa shape index (κ3) is 4.67. The molecule has 7 nitrogen and oxygen atoms in total. The third-order valence-corrected chi connectivity index (χ3v) is 4.03. The molecule has 0 aliphatic rings. The van der Waals surface area contributed by atoms with E-state index in [0.717, 1.165) is 0 Å². The summed E-state index contributed by atoms with van der Waals surface area (Å²) in [6.07, 6.45) is 1.33. The number of hydrogen-bond donors (Lipinski definition) is 2. The summed E-state index contributed by atoms with van der Waals surface area (Å²) in [5.74, 6) is -0.669. The summed E-state index contributed by atoms with van der Waals surface area (Å²) in [4.78, 5) is 29.0. The Bertz CT molecular complexity index is 1060. The number of carbonyl (C=O) groups excluding carboxylic acids is 2. The van der Waals surface area contributed by atoms with E-state index in [1.165, 1.54) is 50.7 Å². The predicted octanol–water partition coefficient (Wildman–Crippen LogP) is 3.74. The van der Waals surface area contributed by atoms with Gasteiger partial charge in [0.1, 0.15) is 23.0 Å². The molecule has 0 fully saturated rings. The third-order valence-electron chi connectivity index (χ3n) is 4.03. The maximum absolute atomic E-state index is 13.7. The molecule has 1 aromatic heterocycles. The fourth-order valence-corrected chi connectivity index (χ4v) is 2.54. The monoisotopic (exact) mass is 395 g/mol. The summed E-state index contributed by atoms with van der Waals surface area (Å²) in [5.41, 5.74) is 0.642. The number of methoxy groups -OCH3 is 2. The number of carbonyl (C=O) groups is 2. The molecule has 3 aromatic rings. The minimum absolute atomic E-state index is 0.0176. The predicted molar refractivity (Wildman–Crippen MR) is 106 cm³/mol. The Morgan fingerprint density at radius 2 is 1.66 bits per heavy atom. The van der Waals surface area contributed by atoms with Gasteiger partial charge >= 0.3 is 0 Å². The number of para-hydroxylation sites is 1. The molecule has 3 rings (SSSR count). The van der Waals surface area contributed by atoms with E-state index in [4.69, 9.17) is 9.47 Å². The molecule has 0 aliphatic carbocycles. The second-order valence-corrected chi connectivity index (χ2v) is 5.88. The van der Waals surface area contributed by atoms with Crippen LogP contribution in [-0.2, 0) is 0 Å². The number of amides is 2. The van der Waals surface area contributed by atoms with Crippen molar-refractivity contribution in [2.45, 2.75) is 0 Å². The highest BCUT2D eigenvalue weighted by atomic mass is 19.1. The second kappa shape index (κ2) is 8.83. The Labute approximate surface area is 166 Å². The zero-order chi connectivity index (χ0) is 20.8. The van der Waals surface area contributed by atoms with Crippen LogP contribution in [0, 0.1) is 5.82 Å². The largest absolute Gasteiger partial charge is 0.497 e. The first kappa shape index (κ1) is 19.8. The smallest absolute Gasteiger partial charge is 0.274 e. The second-order valence-electron chi connectivity index (χ2n) is 5.88. The van der Waals surface area contributed by atoms with Gasteiger partial charge in [0.05, 0.1) is 25.6 Å². The number of benzene rings is 2. The van der Waals surface area contributed by atoms with Gasteiger partial charge in [-0.2, -0.15) is 0 Å². The van der Waals surface area contributed by atoms with E-state index in [0.29, 0.717) is 17.2 Å². The SMILES string of the molecule is COc1ccc(NC(=O)c2cc(C(=O)Nc3ccccc3F)ccn2)c(OC)c1. The van der Waals surface area contributed by atoms with E-state index in [-0.39, 0.29) is 16.9 Å². The molecular weight excluding hydrogens is 377 g/mol. The van der Waals surface area contributed by atoms with Crippen LogP contribution in [0.5, 0.6) is 11.5 Å². The van der Waals surface area contributed by atoms with Gasteiger partial charge in [-0.15, -0.1) is 0 Å². The Morgan fingerprint density at radius 1 is 0.897 bits per heavy atom. The van der Waals surface area contributed by atoms with Gasteiger partial charge in [0.25, 0.3) is 11.8 Å². The normalized spacial score (nSPS) is 10.2. The average molecular weight is 395 g/mol. The van der Waals surface area contributed by atoms with Gasteiger partial charge in [-0.1, -0.05) is 12.1 Å². The minimum Gasteiger partial charge on any atom is -0.497 e. The zero-order valence-corrected chi connectivity index (χ0v) is 15.7. The van der Waals surface area contributed by atoms with Crippen LogP contribution in [0.1, 0.15) is 20.8 Å². The summed E-state index contributed by atoms with van der Waals surface area (Å²) < 4.78 is 24.1. The molecule has 0 atom stereocenters. The molecule has 2 N–H and O–H groups in total. The molecule has 0 radical (unpaired) electrons. The number of aromatic nitrogens is 1. The fourth-order valence-electron chi connectivity index (χ4n) is 2.54. The fraction of sp³-hybridized carbons (Fsp3) is 0.0952. The van der Waals surface area contributed by atoms with Gasteiger partial charge in [-0.05, 0) is 36.4 Å². The Hall–Kier alpha value is -3.94. The number of pyridine rings is 1. The van der Waals surface area contributed by atoms with Crippen LogP contribution in [0.2, 0.25) is 0 Å². The summed E-state index contributed by atoms with van der Waals surface area (Å²) in [6, 6.07) is 13.5. The molecule has 0 unspecified atom stereocenters. The number of nitrogens with one attached hydrogen (secondary N) is 2. The molecular formula is C21H18FN3O4. The van der Waals surface area contributed by atoms with Crippen molar-refractivity contribution in [2.75, 3.05) is 24.9 Å². The van der Waals surface area contributed by atoms with Crippen molar-refractivity contribution < 1.29 is 23.5 Å². The van der Waals surface area contributed by atoms with E-state index >= 15 is 0 Å². The zero-order valence-electron chi connectivity index (χ0n) is 15.7. The van der Waals surface area contributed by atoms with Gasteiger partial charge in [0, 0.05) is 17.8 Å². The van der Waals surface area contributed by atoms with Gasteiger partial charge < -0.3 is 20.1 Å². The number of rotatable bonds is 6. The van der Waals surface area contributed by atoms with Crippen LogP contribution in [0.15, 0.2) is 60.8 Å². The minimum atomic E-state index is -0.562. The molecule has 29 heavy (non-hydrogen) atoms. The lowest BCUT2D eigenvalue weighted by Gasteiger charge is -2.12. The molecule has 8 heteroatoms. The summed E-state index contributed by atoms with van der Waals surface area (Å²) in [5, 5.41) is 5.15. The first-order valence-electron chi connectivity index (χ1n) is 8.57. The lowest BCUT2D eigenvalue weighted by molar-refractivity contribution is 0.102. The average Bonchev–Trinajstić information content (AvgIpc) is 2.75. The van der Waals surface area contributed by atoms with Crippen LogP contribution < -0.4 is 20.1 Å². The van der Waals surface area contributed by atoms with E-state index < -0.39 is 17.6 Å². The van der Waals surface area contributed by atoms with Gasteiger partial charge in [0.2, 0.25) is 0 Å². The van der Waals surface area contributed by atoms with Crippen molar-refractivity contribution in [1.82, 2.24) is 4.98 Å². The Balaban J connectivity index is 1.78. The van der Waals surface area contributed by atoms with Crippen LogP contribution in [0.25, 0.3) is 0 Å². The van der Waals surface area contributed by atoms with Crippen LogP contribution in [-0.4, -0.2) is 31.0 Å². The molecule has 0 saturated carbocycles. The number of halogens is 1. The molecule has 2 aromatic carbocycles. The van der Waals surface area contributed by atoms with E-state index in [1.807, 2.05) is 0 Å². The van der Waals surface area contributed by atoms with Crippen LogP contribution in [0.3, 0.4) is 0 Å². The molecule has 0 saturated heterocycles.